The summed E-state index contributed by atoms with van der Waals surface area (Å²) >= 11 is 0. The highest BCUT2D eigenvalue weighted by molar-refractivity contribution is 5.45. The number of carbonyl (C=O) groups excluding carboxylic acids is 1. The monoisotopic (exact) mass is 260 g/mol. The molecule has 0 aliphatic heterocycles. The van der Waals surface area contributed by atoms with E-state index < -0.39 is 0 Å². The maximum absolute atomic E-state index is 10.2. The molecular weight excluding hydrogens is 232 g/mol. The van der Waals surface area contributed by atoms with E-state index in [1.165, 1.54) is 0 Å². The van der Waals surface area contributed by atoms with Crippen LogP contribution in [-0.4, -0.2) is 51.0 Å². The fourth-order valence-electron chi connectivity index (χ4n) is 1.41. The number of nitrogens with one attached hydrogen (secondary N) is 2. The van der Waals surface area contributed by atoms with Crippen molar-refractivity contribution in [1.29, 1.82) is 0 Å². The van der Waals surface area contributed by atoms with Crippen molar-refractivity contribution < 1.29 is 14.3 Å². The molecule has 0 aromatic carbocycles. The molecule has 5 heteroatoms. The molecule has 0 aromatic rings. The number of rotatable bonds is 11. The van der Waals surface area contributed by atoms with Crippen molar-refractivity contribution in [3.8, 4) is 0 Å². The first-order valence-electron chi connectivity index (χ1n) is 6.42. The number of hydrogen-bond donors (Lipinski definition) is 2. The third kappa shape index (κ3) is 9.39. The van der Waals surface area contributed by atoms with Crippen molar-refractivity contribution in [2.24, 2.45) is 0 Å². The molecule has 0 spiro atoms. The zero-order chi connectivity index (χ0) is 14.1. The Morgan fingerprint density at radius 3 is 2.22 bits per heavy atom. The van der Waals surface area contributed by atoms with E-state index in [1.807, 2.05) is 20.9 Å². The lowest BCUT2D eigenvalue weighted by Crippen LogP contribution is -2.39. The third-order valence-electron chi connectivity index (χ3n) is 2.65. The lowest BCUT2D eigenvalue weighted by atomic mass is 10.1. The number of carbonyl (C=O) groups is 1. The number of likely N-dealkylation sites (N-methyl/N-ethyl adjacent to an activating group) is 1. The van der Waals surface area contributed by atoms with Crippen LogP contribution in [0.15, 0.2) is 0 Å². The molecule has 0 atom stereocenters. The van der Waals surface area contributed by atoms with Crippen LogP contribution in [0.4, 0.5) is 0 Å². The van der Waals surface area contributed by atoms with E-state index in [0.717, 1.165) is 13.0 Å². The van der Waals surface area contributed by atoms with Gasteiger partial charge < -0.3 is 20.1 Å². The molecule has 0 unspecified atom stereocenters. The summed E-state index contributed by atoms with van der Waals surface area (Å²) in [7, 11) is 1.90. The predicted molar refractivity (Wildman–Crippen MR) is 72.7 cm³/mol. The second kappa shape index (κ2) is 8.45. The molecular formula is C13H28N2O3. The summed E-state index contributed by atoms with van der Waals surface area (Å²) in [4.78, 5) is 10.2. The van der Waals surface area contributed by atoms with E-state index in [2.05, 4.69) is 24.5 Å². The van der Waals surface area contributed by atoms with E-state index in [4.69, 9.17) is 9.47 Å². The van der Waals surface area contributed by atoms with Gasteiger partial charge in [-0.25, -0.2) is 0 Å². The second-order valence-electron chi connectivity index (χ2n) is 5.57. The Morgan fingerprint density at radius 2 is 1.67 bits per heavy atom. The zero-order valence-electron chi connectivity index (χ0n) is 12.3. The number of amides is 1. The van der Waals surface area contributed by atoms with Gasteiger partial charge in [-0.1, -0.05) is 0 Å². The van der Waals surface area contributed by atoms with Crippen molar-refractivity contribution in [3.63, 3.8) is 0 Å². The average Bonchev–Trinajstić information content (AvgIpc) is 2.26. The van der Waals surface area contributed by atoms with Gasteiger partial charge in [-0.15, -0.1) is 0 Å². The topological polar surface area (TPSA) is 59.6 Å². The van der Waals surface area contributed by atoms with Crippen LogP contribution in [0.3, 0.4) is 0 Å². The zero-order valence-corrected chi connectivity index (χ0v) is 12.3. The highest BCUT2D eigenvalue weighted by atomic mass is 16.5. The first-order chi connectivity index (χ1) is 8.33. The Kier molecular flexibility index (Phi) is 8.15. The largest absolute Gasteiger partial charge is 0.374 e. The summed E-state index contributed by atoms with van der Waals surface area (Å²) in [6, 6.07) is 0. The van der Waals surface area contributed by atoms with Gasteiger partial charge in [0.05, 0.1) is 24.4 Å². The molecule has 18 heavy (non-hydrogen) atoms. The van der Waals surface area contributed by atoms with Crippen molar-refractivity contribution in [3.05, 3.63) is 0 Å². The molecule has 5 nitrogen and oxygen atoms in total. The van der Waals surface area contributed by atoms with Gasteiger partial charge in [0.1, 0.15) is 0 Å². The lowest BCUT2D eigenvalue weighted by Gasteiger charge is -2.29. The van der Waals surface area contributed by atoms with Crippen LogP contribution >= 0.6 is 0 Å². The lowest BCUT2D eigenvalue weighted by molar-refractivity contribution is -0.111. The van der Waals surface area contributed by atoms with Crippen LogP contribution in [-0.2, 0) is 14.3 Å². The van der Waals surface area contributed by atoms with Crippen LogP contribution in [0.25, 0.3) is 0 Å². The van der Waals surface area contributed by atoms with Crippen LogP contribution in [0.5, 0.6) is 0 Å². The molecule has 0 heterocycles. The van der Waals surface area contributed by atoms with Gasteiger partial charge in [0.25, 0.3) is 0 Å². The first-order valence-corrected chi connectivity index (χ1v) is 6.42. The molecule has 1 amide bonds. The summed E-state index contributed by atoms with van der Waals surface area (Å²) in [6.07, 6.45) is 1.51. The summed E-state index contributed by atoms with van der Waals surface area (Å²) in [6.45, 7) is 10.7. The van der Waals surface area contributed by atoms with Crippen LogP contribution in [0.1, 0.15) is 34.1 Å². The number of ether oxygens (including phenoxy) is 2. The van der Waals surface area contributed by atoms with Gasteiger partial charge in [0.15, 0.2) is 0 Å². The number of hydrogen-bond acceptors (Lipinski definition) is 4. The molecule has 2 N–H and O–H groups in total. The maximum atomic E-state index is 10.2. The van der Waals surface area contributed by atoms with Crippen LogP contribution < -0.4 is 10.6 Å². The Hall–Kier alpha value is -0.650. The quantitative estimate of drug-likeness (QED) is 0.429. The molecule has 0 rings (SSSR count). The summed E-state index contributed by atoms with van der Waals surface area (Å²) < 4.78 is 11.5. The van der Waals surface area contributed by atoms with Crippen molar-refractivity contribution in [2.75, 3.05) is 33.4 Å². The van der Waals surface area contributed by atoms with E-state index in [0.29, 0.717) is 26.2 Å². The second-order valence-corrected chi connectivity index (χ2v) is 5.57. The summed E-state index contributed by atoms with van der Waals surface area (Å²) in [5.74, 6) is 0. The first kappa shape index (κ1) is 17.4. The molecule has 0 saturated heterocycles. The van der Waals surface area contributed by atoms with Gasteiger partial charge in [0, 0.05) is 13.1 Å². The van der Waals surface area contributed by atoms with E-state index >= 15 is 0 Å². The highest BCUT2D eigenvalue weighted by Gasteiger charge is 2.22. The minimum absolute atomic E-state index is 0.189. The molecule has 0 radical (unpaired) electrons. The molecule has 0 saturated carbocycles. The molecule has 0 aliphatic carbocycles. The summed E-state index contributed by atoms with van der Waals surface area (Å²) in [5.41, 5.74) is -0.535. The Labute approximate surface area is 111 Å². The molecule has 0 aliphatic rings. The van der Waals surface area contributed by atoms with Gasteiger partial charge >= 0.3 is 0 Å². The molecule has 108 valence electrons. The van der Waals surface area contributed by atoms with Gasteiger partial charge in [-0.2, -0.15) is 0 Å². The van der Waals surface area contributed by atoms with E-state index in [-0.39, 0.29) is 11.2 Å². The standard InChI is InChI=1S/C13H28N2O3/c1-12(2,18-9-7-14-5)6-8-17-13(3,4)10-15-11-16/h11,14H,6-10H2,1-5H3,(H,15,16). The van der Waals surface area contributed by atoms with Crippen LogP contribution in [0.2, 0.25) is 0 Å². The van der Waals surface area contributed by atoms with Crippen LogP contribution in [0, 0.1) is 0 Å². The van der Waals surface area contributed by atoms with Crippen molar-refractivity contribution in [2.45, 2.75) is 45.3 Å². The fourth-order valence-corrected chi connectivity index (χ4v) is 1.41. The average molecular weight is 260 g/mol. The van der Waals surface area contributed by atoms with Crippen molar-refractivity contribution >= 4 is 6.41 Å². The highest BCUT2D eigenvalue weighted by Crippen LogP contribution is 2.16. The Morgan fingerprint density at radius 1 is 1.06 bits per heavy atom. The fraction of sp³-hybridized carbons (Fsp3) is 0.923. The van der Waals surface area contributed by atoms with Gasteiger partial charge in [0.2, 0.25) is 6.41 Å². The summed E-state index contributed by atoms with van der Waals surface area (Å²) in [5, 5.41) is 5.68. The van der Waals surface area contributed by atoms with Gasteiger partial charge in [-0.05, 0) is 41.2 Å². The van der Waals surface area contributed by atoms with E-state index in [9.17, 15) is 4.79 Å². The Balaban J connectivity index is 3.82. The normalized spacial score (nSPS) is 12.5. The third-order valence-corrected chi connectivity index (χ3v) is 2.65. The van der Waals surface area contributed by atoms with Crippen molar-refractivity contribution in [1.82, 2.24) is 10.6 Å². The van der Waals surface area contributed by atoms with E-state index in [1.54, 1.807) is 0 Å². The minimum Gasteiger partial charge on any atom is -0.374 e. The molecule has 0 fully saturated rings. The Bertz CT molecular complexity index is 230. The SMILES string of the molecule is CNCCOC(C)(C)CCOC(C)(C)CNC=O. The molecule has 0 bridgehead atoms. The molecule has 0 aromatic heterocycles. The smallest absolute Gasteiger partial charge is 0.207 e. The minimum atomic E-state index is -0.345. The van der Waals surface area contributed by atoms with Gasteiger partial charge in [-0.3, -0.25) is 4.79 Å². The predicted octanol–water partition coefficient (Wildman–Crippen LogP) is 0.932. The maximum Gasteiger partial charge on any atom is 0.207 e.